The Morgan fingerprint density at radius 2 is 1.92 bits per heavy atom. The van der Waals surface area contributed by atoms with Crippen molar-refractivity contribution in [3.63, 3.8) is 0 Å². The fourth-order valence-corrected chi connectivity index (χ4v) is 3.23. The zero-order valence-electron chi connectivity index (χ0n) is 14.2. The first kappa shape index (κ1) is 19.6. The lowest BCUT2D eigenvalue weighted by molar-refractivity contribution is -0.154. The summed E-state index contributed by atoms with van der Waals surface area (Å²) in [4.78, 5) is 28.5. The Balaban J connectivity index is 2.07. The molecule has 0 saturated carbocycles. The lowest BCUT2D eigenvalue weighted by Crippen LogP contribution is -2.18. The molecule has 5 nitrogen and oxygen atoms in total. The molecular weight excluding hydrogens is 406 g/mol. The standard InChI is InChI=1S/C18H20BrNO4S/c1-3-16-20-14(11-25-16)9-18(22)24-15(10-17(21)23-4-2)12-5-7-13(19)8-6-12/h5-8,11,15H,3-4,9-10H2,1-2H3/t15-/m1/s1. The second-order valence-electron chi connectivity index (χ2n) is 5.30. The van der Waals surface area contributed by atoms with Gasteiger partial charge in [0.2, 0.25) is 0 Å². The molecular formula is C18H20BrNO4S. The molecule has 1 aromatic carbocycles. The maximum absolute atomic E-state index is 12.3. The number of halogens is 1. The van der Waals surface area contributed by atoms with Gasteiger partial charge in [-0.3, -0.25) is 9.59 Å². The van der Waals surface area contributed by atoms with E-state index in [-0.39, 0.29) is 12.8 Å². The van der Waals surface area contributed by atoms with Crippen molar-refractivity contribution in [3.05, 3.63) is 50.4 Å². The number of nitrogens with zero attached hydrogens (tertiary/aromatic N) is 1. The monoisotopic (exact) mass is 425 g/mol. The minimum absolute atomic E-state index is 0.0154. The molecule has 2 rings (SSSR count). The predicted molar refractivity (Wildman–Crippen MR) is 99.4 cm³/mol. The van der Waals surface area contributed by atoms with Crippen LogP contribution < -0.4 is 0 Å². The SMILES string of the molecule is CCOC(=O)C[C@@H](OC(=O)Cc1csc(CC)n1)c1ccc(Br)cc1. The van der Waals surface area contributed by atoms with Crippen molar-refractivity contribution in [2.45, 2.75) is 39.2 Å². The molecule has 2 aromatic rings. The summed E-state index contributed by atoms with van der Waals surface area (Å²) in [5.41, 5.74) is 1.44. The summed E-state index contributed by atoms with van der Waals surface area (Å²) < 4.78 is 11.4. The average Bonchev–Trinajstić information content (AvgIpc) is 3.02. The van der Waals surface area contributed by atoms with Crippen LogP contribution in [0.25, 0.3) is 0 Å². The number of hydrogen-bond acceptors (Lipinski definition) is 6. The molecule has 7 heteroatoms. The van der Waals surface area contributed by atoms with E-state index in [0.717, 1.165) is 21.5 Å². The highest BCUT2D eigenvalue weighted by molar-refractivity contribution is 9.10. The number of carbonyl (C=O) groups excluding carboxylic acids is 2. The average molecular weight is 426 g/mol. The van der Waals surface area contributed by atoms with Crippen molar-refractivity contribution in [2.24, 2.45) is 0 Å². The van der Waals surface area contributed by atoms with Crippen LogP contribution in [0.1, 0.15) is 42.6 Å². The van der Waals surface area contributed by atoms with Gasteiger partial charge in [0.15, 0.2) is 0 Å². The van der Waals surface area contributed by atoms with Gasteiger partial charge in [0.25, 0.3) is 0 Å². The van der Waals surface area contributed by atoms with E-state index in [0.29, 0.717) is 12.3 Å². The van der Waals surface area contributed by atoms with Crippen molar-refractivity contribution in [1.29, 1.82) is 0 Å². The molecule has 0 saturated heterocycles. The van der Waals surface area contributed by atoms with E-state index in [1.807, 2.05) is 36.6 Å². The van der Waals surface area contributed by atoms with Crippen LogP contribution >= 0.6 is 27.3 Å². The fourth-order valence-electron chi connectivity index (χ4n) is 2.22. The molecule has 134 valence electrons. The molecule has 0 aliphatic rings. The number of aromatic nitrogens is 1. The van der Waals surface area contributed by atoms with E-state index in [4.69, 9.17) is 9.47 Å². The number of rotatable bonds is 8. The third kappa shape index (κ3) is 6.25. The quantitative estimate of drug-likeness (QED) is 0.591. The highest BCUT2D eigenvalue weighted by Gasteiger charge is 2.22. The molecule has 1 aromatic heterocycles. The summed E-state index contributed by atoms with van der Waals surface area (Å²) in [5, 5.41) is 2.85. The molecule has 1 heterocycles. The van der Waals surface area contributed by atoms with Gasteiger partial charge in [-0.15, -0.1) is 11.3 Å². The van der Waals surface area contributed by atoms with Crippen molar-refractivity contribution >= 4 is 39.2 Å². The second-order valence-corrected chi connectivity index (χ2v) is 7.16. The van der Waals surface area contributed by atoms with Gasteiger partial charge in [-0.2, -0.15) is 0 Å². The first-order chi connectivity index (χ1) is 12.0. The van der Waals surface area contributed by atoms with Crippen LogP contribution in [0.3, 0.4) is 0 Å². The molecule has 0 aliphatic heterocycles. The number of carbonyl (C=O) groups is 2. The Hall–Kier alpha value is -1.73. The van der Waals surface area contributed by atoms with Crippen LogP contribution in [0.5, 0.6) is 0 Å². The van der Waals surface area contributed by atoms with Gasteiger partial charge in [-0.05, 0) is 31.0 Å². The van der Waals surface area contributed by atoms with Gasteiger partial charge in [-0.25, -0.2) is 4.98 Å². The number of thiazole rings is 1. The Morgan fingerprint density at radius 1 is 1.20 bits per heavy atom. The van der Waals surface area contributed by atoms with Crippen molar-refractivity contribution in [2.75, 3.05) is 6.61 Å². The number of hydrogen-bond donors (Lipinski definition) is 0. The first-order valence-corrected chi connectivity index (χ1v) is 9.72. The predicted octanol–water partition coefficient (Wildman–Crippen LogP) is 4.25. The zero-order valence-corrected chi connectivity index (χ0v) is 16.6. The zero-order chi connectivity index (χ0) is 18.2. The van der Waals surface area contributed by atoms with Crippen LogP contribution in [-0.2, 0) is 31.9 Å². The fraction of sp³-hybridized carbons (Fsp3) is 0.389. The molecule has 0 aliphatic carbocycles. The van der Waals surface area contributed by atoms with Crippen LogP contribution in [0, 0.1) is 0 Å². The topological polar surface area (TPSA) is 65.5 Å². The Kier molecular flexibility index (Phi) is 7.58. The molecule has 0 bridgehead atoms. The summed E-state index contributed by atoms with van der Waals surface area (Å²) in [6.07, 6.45) is 0.235. The third-order valence-electron chi connectivity index (χ3n) is 3.40. The van der Waals surface area contributed by atoms with Crippen molar-refractivity contribution in [3.8, 4) is 0 Å². The van der Waals surface area contributed by atoms with E-state index < -0.39 is 18.0 Å². The maximum atomic E-state index is 12.3. The second kappa shape index (κ2) is 9.68. The van der Waals surface area contributed by atoms with E-state index in [9.17, 15) is 9.59 Å². The van der Waals surface area contributed by atoms with Crippen LogP contribution in [-0.4, -0.2) is 23.5 Å². The van der Waals surface area contributed by atoms with Gasteiger partial charge in [-0.1, -0.05) is 35.0 Å². The molecule has 0 amide bonds. The van der Waals surface area contributed by atoms with Gasteiger partial charge >= 0.3 is 11.9 Å². The van der Waals surface area contributed by atoms with Gasteiger partial charge < -0.3 is 9.47 Å². The Morgan fingerprint density at radius 3 is 2.52 bits per heavy atom. The van der Waals surface area contributed by atoms with Crippen molar-refractivity contribution < 1.29 is 19.1 Å². The normalized spacial score (nSPS) is 11.8. The van der Waals surface area contributed by atoms with Gasteiger partial charge in [0, 0.05) is 9.85 Å². The summed E-state index contributed by atoms with van der Waals surface area (Å²) >= 11 is 4.90. The number of aryl methyl sites for hydroxylation is 1. The minimum Gasteiger partial charge on any atom is -0.466 e. The number of ether oxygens (including phenoxy) is 2. The number of esters is 2. The molecule has 0 unspecified atom stereocenters. The smallest absolute Gasteiger partial charge is 0.312 e. The molecule has 0 spiro atoms. The maximum Gasteiger partial charge on any atom is 0.312 e. The summed E-state index contributed by atoms with van der Waals surface area (Å²) in [6.45, 7) is 4.05. The molecule has 1 atom stereocenters. The summed E-state index contributed by atoms with van der Waals surface area (Å²) in [7, 11) is 0. The highest BCUT2D eigenvalue weighted by atomic mass is 79.9. The first-order valence-electron chi connectivity index (χ1n) is 8.05. The largest absolute Gasteiger partial charge is 0.466 e. The Labute approximate surface area is 159 Å². The lowest BCUT2D eigenvalue weighted by Gasteiger charge is -2.17. The van der Waals surface area contributed by atoms with E-state index in [2.05, 4.69) is 20.9 Å². The molecule has 0 fully saturated rings. The highest BCUT2D eigenvalue weighted by Crippen LogP contribution is 2.24. The summed E-state index contributed by atoms with van der Waals surface area (Å²) in [6, 6.07) is 7.32. The van der Waals surface area contributed by atoms with Gasteiger partial charge in [0.05, 0.1) is 30.2 Å². The molecule has 0 radical (unpaired) electrons. The van der Waals surface area contributed by atoms with Gasteiger partial charge in [0.1, 0.15) is 6.10 Å². The lowest BCUT2D eigenvalue weighted by atomic mass is 10.1. The van der Waals surface area contributed by atoms with Crippen LogP contribution in [0.4, 0.5) is 0 Å². The number of benzene rings is 1. The molecule has 25 heavy (non-hydrogen) atoms. The van der Waals surface area contributed by atoms with E-state index >= 15 is 0 Å². The minimum atomic E-state index is -0.677. The van der Waals surface area contributed by atoms with E-state index in [1.54, 1.807) is 6.92 Å². The third-order valence-corrected chi connectivity index (χ3v) is 4.97. The van der Waals surface area contributed by atoms with Crippen LogP contribution in [0.2, 0.25) is 0 Å². The summed E-state index contributed by atoms with van der Waals surface area (Å²) in [5.74, 6) is -0.810. The molecule has 0 N–H and O–H groups in total. The van der Waals surface area contributed by atoms with Crippen LogP contribution in [0.15, 0.2) is 34.1 Å². The van der Waals surface area contributed by atoms with E-state index in [1.165, 1.54) is 11.3 Å². The van der Waals surface area contributed by atoms with Crippen molar-refractivity contribution in [1.82, 2.24) is 4.98 Å². The Bertz CT molecular complexity index is 714.